The Morgan fingerprint density at radius 3 is 2.55 bits per heavy atom. The SMILES string of the molecule is CC.Cc1cc(N2CCOC[C@@H]2C(C)(F)F)cc(F)c1C(=O)NC(Cc1ccc(-n2c(=O)c3ccncc3n(C)c2=O)c2ncccc12)C(=O)Oc1ccc2c(c1)COC2. The molecule has 6 aromatic rings. The Morgan fingerprint density at radius 2 is 1.78 bits per heavy atom. The summed E-state index contributed by atoms with van der Waals surface area (Å²) in [6.45, 7) is 7.00. The number of benzene rings is 3. The van der Waals surface area contributed by atoms with Crippen LogP contribution in [0.3, 0.4) is 0 Å². The van der Waals surface area contributed by atoms with E-state index in [1.807, 2.05) is 13.8 Å². The van der Waals surface area contributed by atoms with Crippen LogP contribution in [0.15, 0.2) is 88.8 Å². The van der Waals surface area contributed by atoms with E-state index in [0.717, 1.165) is 28.7 Å². The van der Waals surface area contributed by atoms with Crippen LogP contribution in [0.1, 0.15) is 53.4 Å². The molecule has 3 aromatic heterocycles. The average Bonchev–Trinajstić information content (AvgIpc) is 3.71. The van der Waals surface area contributed by atoms with Crippen molar-refractivity contribution in [2.45, 2.75) is 65.3 Å². The molecule has 1 amide bonds. The summed E-state index contributed by atoms with van der Waals surface area (Å²) in [5.74, 6) is -5.73. The Labute approximate surface area is 342 Å². The first-order chi connectivity index (χ1) is 28.8. The highest BCUT2D eigenvalue weighted by Gasteiger charge is 2.41. The van der Waals surface area contributed by atoms with Gasteiger partial charge in [0.05, 0.1) is 60.3 Å². The molecule has 16 heteroatoms. The third-order valence-electron chi connectivity index (χ3n) is 10.6. The van der Waals surface area contributed by atoms with Gasteiger partial charge in [0.25, 0.3) is 17.4 Å². The molecular weight excluding hydrogens is 782 g/mol. The zero-order chi connectivity index (χ0) is 42.9. The lowest BCUT2D eigenvalue weighted by Crippen LogP contribution is -2.54. The van der Waals surface area contributed by atoms with Gasteiger partial charge in [-0.3, -0.25) is 24.1 Å². The second-order valence-electron chi connectivity index (χ2n) is 14.5. The average molecular weight is 825 g/mol. The van der Waals surface area contributed by atoms with Crippen molar-refractivity contribution in [3.05, 3.63) is 134 Å². The molecule has 3 aromatic carbocycles. The predicted octanol–water partition coefficient (Wildman–Crippen LogP) is 5.94. The normalized spacial score (nSPS) is 15.6. The van der Waals surface area contributed by atoms with Gasteiger partial charge in [0.1, 0.15) is 23.7 Å². The Bertz CT molecular complexity index is 2730. The minimum absolute atomic E-state index is 0.0877. The van der Waals surface area contributed by atoms with E-state index in [9.17, 15) is 28.0 Å². The number of aryl methyl sites for hydroxylation is 2. The molecule has 1 fully saturated rings. The number of esters is 1. The molecule has 1 saturated heterocycles. The molecule has 0 radical (unpaired) electrons. The molecule has 2 aliphatic heterocycles. The highest BCUT2D eigenvalue weighted by molar-refractivity contribution is 5.99. The summed E-state index contributed by atoms with van der Waals surface area (Å²) in [4.78, 5) is 65.3. The Balaban J connectivity index is 0.00000268. The third-order valence-corrected chi connectivity index (χ3v) is 10.6. The number of aromatic nitrogens is 4. The molecule has 0 bridgehead atoms. The van der Waals surface area contributed by atoms with E-state index in [2.05, 4.69) is 15.3 Å². The van der Waals surface area contributed by atoms with E-state index in [-0.39, 0.29) is 65.3 Å². The monoisotopic (exact) mass is 824 g/mol. The number of pyridine rings is 2. The topological polar surface area (TPSA) is 147 Å². The van der Waals surface area contributed by atoms with Gasteiger partial charge >= 0.3 is 11.7 Å². The van der Waals surface area contributed by atoms with Crippen molar-refractivity contribution in [1.82, 2.24) is 24.4 Å². The van der Waals surface area contributed by atoms with Crippen LogP contribution in [0.25, 0.3) is 27.5 Å². The van der Waals surface area contributed by atoms with Crippen LogP contribution in [0.2, 0.25) is 0 Å². The van der Waals surface area contributed by atoms with Crippen LogP contribution in [0.5, 0.6) is 5.75 Å². The van der Waals surface area contributed by atoms with Gasteiger partial charge in [0.2, 0.25) is 0 Å². The van der Waals surface area contributed by atoms with Crippen molar-refractivity contribution in [2.24, 2.45) is 7.05 Å². The lowest BCUT2D eigenvalue weighted by atomic mass is 9.98. The summed E-state index contributed by atoms with van der Waals surface area (Å²) < 4.78 is 63.9. The molecule has 5 heterocycles. The molecule has 2 atom stereocenters. The maximum atomic E-state index is 16.0. The van der Waals surface area contributed by atoms with Gasteiger partial charge in [-0.2, -0.15) is 0 Å². The number of hydrogen-bond acceptors (Lipinski definition) is 10. The van der Waals surface area contributed by atoms with Crippen molar-refractivity contribution in [1.29, 1.82) is 0 Å². The van der Waals surface area contributed by atoms with Gasteiger partial charge in [-0.05, 0) is 71.6 Å². The number of rotatable bonds is 9. The largest absolute Gasteiger partial charge is 0.425 e. The number of morpholine rings is 1. The summed E-state index contributed by atoms with van der Waals surface area (Å²) in [6.07, 6.45) is 4.20. The second kappa shape index (κ2) is 17.1. The minimum atomic E-state index is -3.16. The number of ether oxygens (including phenoxy) is 3. The number of amides is 1. The summed E-state index contributed by atoms with van der Waals surface area (Å²) in [5.41, 5.74) is 1.80. The molecule has 1 N–H and O–H groups in total. The molecule has 1 unspecified atom stereocenters. The molecule has 8 rings (SSSR count). The van der Waals surface area contributed by atoms with Crippen LogP contribution in [0, 0.1) is 12.7 Å². The van der Waals surface area contributed by atoms with Crippen LogP contribution in [-0.4, -0.2) is 68.7 Å². The van der Waals surface area contributed by atoms with E-state index in [1.165, 1.54) is 60.2 Å². The van der Waals surface area contributed by atoms with Crippen LogP contribution in [0.4, 0.5) is 18.9 Å². The number of anilines is 1. The van der Waals surface area contributed by atoms with E-state index in [1.54, 1.807) is 36.4 Å². The van der Waals surface area contributed by atoms with Gasteiger partial charge in [-0.15, -0.1) is 0 Å². The van der Waals surface area contributed by atoms with E-state index < -0.39 is 46.9 Å². The lowest BCUT2D eigenvalue weighted by Gasteiger charge is -2.40. The number of carbonyl (C=O) groups is 2. The van der Waals surface area contributed by atoms with Crippen molar-refractivity contribution in [2.75, 3.05) is 24.7 Å². The van der Waals surface area contributed by atoms with Crippen LogP contribution in [-0.2, 0) is 41.0 Å². The van der Waals surface area contributed by atoms with Gasteiger partial charge in [-0.25, -0.2) is 27.3 Å². The van der Waals surface area contributed by atoms with Crippen molar-refractivity contribution in [3.63, 3.8) is 0 Å². The number of halogens is 3. The fourth-order valence-electron chi connectivity index (χ4n) is 7.64. The van der Waals surface area contributed by atoms with Crippen molar-refractivity contribution >= 4 is 39.4 Å². The number of fused-ring (bicyclic) bond motifs is 3. The Hall–Kier alpha value is -6.39. The number of hydrogen-bond donors (Lipinski definition) is 1. The summed E-state index contributed by atoms with van der Waals surface area (Å²) >= 11 is 0. The molecule has 0 aliphatic carbocycles. The second-order valence-corrected chi connectivity index (χ2v) is 14.5. The fourth-order valence-corrected chi connectivity index (χ4v) is 7.64. The van der Waals surface area contributed by atoms with E-state index >= 15 is 4.39 Å². The molecule has 312 valence electrons. The highest BCUT2D eigenvalue weighted by atomic mass is 19.3. The maximum Gasteiger partial charge on any atom is 0.335 e. The number of nitrogens with one attached hydrogen (secondary N) is 1. The Kier molecular flexibility index (Phi) is 11.9. The third kappa shape index (κ3) is 7.99. The van der Waals surface area contributed by atoms with E-state index in [4.69, 9.17) is 14.2 Å². The minimum Gasteiger partial charge on any atom is -0.425 e. The summed E-state index contributed by atoms with van der Waals surface area (Å²) in [6, 6.07) is 12.8. The molecule has 0 saturated carbocycles. The summed E-state index contributed by atoms with van der Waals surface area (Å²) in [7, 11) is 1.53. The number of carbonyl (C=O) groups excluding carboxylic acids is 2. The van der Waals surface area contributed by atoms with Crippen LogP contribution < -0.4 is 26.2 Å². The predicted molar refractivity (Wildman–Crippen MR) is 218 cm³/mol. The van der Waals surface area contributed by atoms with Gasteiger partial charge in [-0.1, -0.05) is 32.0 Å². The standard InChI is InChI=1S/C42H37F3N6O7.C2H6/c1-23-15-27(50-13-14-56-22-35(50)42(2,44)45)18-31(43)36(23)38(52)48-32(40(54)58-28-8-6-25-20-57-21-26(25)16-28)17-24-7-9-33(37-29(24)5-4-11-47-37)51-39(53)30-10-12-46-19-34(30)49(3)41(51)55;1-2/h4-12,15-16,18-19,32,35H,13-14,17,20-22H2,1-3H3,(H,48,52);1-2H3/t32?,35-;/m1./s1. The van der Waals surface area contributed by atoms with Gasteiger partial charge in [0.15, 0.2) is 0 Å². The molecule has 13 nitrogen and oxygen atoms in total. The number of nitrogens with zero attached hydrogens (tertiary/aromatic N) is 5. The number of alkyl halides is 2. The molecular formula is C44H43F3N6O7. The smallest absolute Gasteiger partial charge is 0.335 e. The Morgan fingerprint density at radius 1 is 1.00 bits per heavy atom. The van der Waals surface area contributed by atoms with Crippen molar-refractivity contribution in [3.8, 4) is 11.4 Å². The quantitative estimate of drug-likeness (QED) is 0.137. The highest BCUT2D eigenvalue weighted by Crippen LogP contribution is 2.32. The molecule has 0 spiro atoms. The lowest BCUT2D eigenvalue weighted by molar-refractivity contribution is -0.136. The van der Waals surface area contributed by atoms with Gasteiger partial charge in [0, 0.05) is 50.4 Å². The van der Waals surface area contributed by atoms with Crippen LogP contribution >= 0.6 is 0 Å². The van der Waals surface area contributed by atoms with Gasteiger partial charge < -0.3 is 24.4 Å². The zero-order valence-corrected chi connectivity index (χ0v) is 33.6. The zero-order valence-electron chi connectivity index (χ0n) is 33.6. The van der Waals surface area contributed by atoms with E-state index in [0.29, 0.717) is 29.7 Å². The van der Waals surface area contributed by atoms with Crippen molar-refractivity contribution < 1.29 is 37.0 Å². The molecule has 2 aliphatic rings. The summed E-state index contributed by atoms with van der Waals surface area (Å²) in [5, 5.41) is 3.38. The first-order valence-corrected chi connectivity index (χ1v) is 19.5. The fraction of sp³-hybridized carbons (Fsp3) is 0.318. The first kappa shape index (κ1) is 41.8. The first-order valence-electron chi connectivity index (χ1n) is 19.5. The molecule has 60 heavy (non-hydrogen) atoms. The maximum absolute atomic E-state index is 16.0.